The van der Waals surface area contributed by atoms with Crippen LogP contribution in [0.5, 0.6) is 5.75 Å². The molecule has 0 radical (unpaired) electrons. The summed E-state index contributed by atoms with van der Waals surface area (Å²) < 4.78 is 6.48. The van der Waals surface area contributed by atoms with Crippen molar-refractivity contribution in [3.05, 3.63) is 54.2 Å². The fourth-order valence-corrected chi connectivity index (χ4v) is 3.53. The maximum absolute atomic E-state index is 12.5. The molecule has 0 fully saturated rings. The van der Waals surface area contributed by atoms with Gasteiger partial charge in [-0.2, -0.15) is 0 Å². The number of hydrogen-bond acceptors (Lipinski definition) is 4. The van der Waals surface area contributed by atoms with Crippen molar-refractivity contribution in [1.29, 1.82) is 0 Å². The summed E-state index contributed by atoms with van der Waals surface area (Å²) in [6.45, 7) is 2.57. The first kappa shape index (κ1) is 14.7. The van der Waals surface area contributed by atoms with Crippen molar-refractivity contribution < 1.29 is 9.53 Å². The molecule has 24 heavy (non-hydrogen) atoms. The minimum atomic E-state index is -0.170. The van der Waals surface area contributed by atoms with Crippen LogP contribution in [0.1, 0.15) is 17.3 Å². The molecule has 2 aromatic carbocycles. The van der Waals surface area contributed by atoms with Gasteiger partial charge in [0, 0.05) is 17.1 Å². The fourth-order valence-electron chi connectivity index (χ4n) is 2.64. The molecule has 120 valence electrons. The maximum Gasteiger partial charge on any atom is 0.259 e. The van der Waals surface area contributed by atoms with Crippen LogP contribution in [-0.2, 0) is 0 Å². The van der Waals surface area contributed by atoms with Gasteiger partial charge >= 0.3 is 0 Å². The van der Waals surface area contributed by atoms with Crippen LogP contribution in [0.15, 0.2) is 48.7 Å². The van der Waals surface area contributed by atoms with E-state index in [2.05, 4.69) is 15.3 Å². The molecule has 0 atom stereocenters. The molecule has 4 rings (SSSR count). The average molecular weight is 337 g/mol. The predicted octanol–water partition coefficient (Wildman–Crippen LogP) is 4.43. The van der Waals surface area contributed by atoms with Crippen LogP contribution >= 0.6 is 11.3 Å². The van der Waals surface area contributed by atoms with Gasteiger partial charge in [-0.05, 0) is 31.2 Å². The molecular formula is C18H15N3O2S. The first-order valence-electron chi connectivity index (χ1n) is 7.65. The van der Waals surface area contributed by atoms with Gasteiger partial charge in [-0.3, -0.25) is 10.1 Å². The Bertz CT molecular complexity index is 1040. The number of anilines is 1. The van der Waals surface area contributed by atoms with Gasteiger partial charge in [-0.25, -0.2) is 4.98 Å². The lowest BCUT2D eigenvalue weighted by atomic mass is 10.2. The number of fused-ring (bicyclic) bond motifs is 2. The minimum Gasteiger partial charge on any atom is -0.494 e. The number of hydrogen-bond donors (Lipinski definition) is 2. The molecular weight excluding hydrogens is 322 g/mol. The summed E-state index contributed by atoms with van der Waals surface area (Å²) in [6.07, 6.45) is 1.72. The Kier molecular flexibility index (Phi) is 3.66. The molecule has 2 aromatic heterocycles. The van der Waals surface area contributed by atoms with E-state index in [1.54, 1.807) is 6.20 Å². The van der Waals surface area contributed by atoms with Gasteiger partial charge in [-0.1, -0.05) is 29.5 Å². The van der Waals surface area contributed by atoms with Crippen LogP contribution in [-0.4, -0.2) is 22.5 Å². The normalized spacial score (nSPS) is 11.0. The number of benzene rings is 2. The predicted molar refractivity (Wildman–Crippen MR) is 97.0 cm³/mol. The van der Waals surface area contributed by atoms with Crippen LogP contribution in [0.2, 0.25) is 0 Å². The van der Waals surface area contributed by atoms with Crippen molar-refractivity contribution in [3.8, 4) is 5.75 Å². The number of amides is 1. The highest BCUT2D eigenvalue weighted by atomic mass is 32.1. The van der Waals surface area contributed by atoms with E-state index in [1.807, 2.05) is 49.4 Å². The van der Waals surface area contributed by atoms with Crippen molar-refractivity contribution in [2.24, 2.45) is 0 Å². The molecule has 0 bridgehead atoms. The summed E-state index contributed by atoms with van der Waals surface area (Å²) in [4.78, 5) is 20.1. The smallest absolute Gasteiger partial charge is 0.259 e. The monoisotopic (exact) mass is 337 g/mol. The topological polar surface area (TPSA) is 67.0 Å². The summed E-state index contributed by atoms with van der Waals surface area (Å²) in [6, 6.07) is 13.4. The summed E-state index contributed by atoms with van der Waals surface area (Å²) in [7, 11) is 0. The number of nitrogens with one attached hydrogen (secondary N) is 2. The second-order valence-electron chi connectivity index (χ2n) is 5.28. The van der Waals surface area contributed by atoms with E-state index < -0.39 is 0 Å². The number of nitrogens with zero attached hydrogens (tertiary/aromatic N) is 1. The largest absolute Gasteiger partial charge is 0.494 e. The zero-order valence-corrected chi connectivity index (χ0v) is 13.8. The Hall–Kier alpha value is -2.86. The Morgan fingerprint density at radius 2 is 2.17 bits per heavy atom. The molecule has 2 heterocycles. The number of para-hydroxylation sites is 1. The number of aromatic amines is 1. The first-order chi connectivity index (χ1) is 11.7. The summed E-state index contributed by atoms with van der Waals surface area (Å²) in [5, 5.41) is 4.36. The molecule has 4 aromatic rings. The number of H-pyrrole nitrogens is 1. The van der Waals surface area contributed by atoms with Crippen LogP contribution in [0.25, 0.3) is 21.1 Å². The molecule has 0 aliphatic heterocycles. The third-order valence-corrected chi connectivity index (χ3v) is 4.66. The first-order valence-corrected chi connectivity index (χ1v) is 8.47. The van der Waals surface area contributed by atoms with E-state index in [0.29, 0.717) is 17.3 Å². The van der Waals surface area contributed by atoms with Gasteiger partial charge in [0.1, 0.15) is 5.75 Å². The number of carbonyl (C=O) groups excluding carboxylic acids is 1. The molecule has 0 saturated heterocycles. The molecule has 0 spiro atoms. The summed E-state index contributed by atoms with van der Waals surface area (Å²) in [5.74, 6) is 0.639. The molecule has 2 N–H and O–H groups in total. The highest BCUT2D eigenvalue weighted by molar-refractivity contribution is 7.22. The van der Waals surface area contributed by atoms with Gasteiger partial charge in [0.05, 0.1) is 22.4 Å². The molecule has 1 amide bonds. The van der Waals surface area contributed by atoms with Crippen molar-refractivity contribution >= 4 is 43.5 Å². The van der Waals surface area contributed by atoms with E-state index in [1.165, 1.54) is 11.3 Å². The lowest BCUT2D eigenvalue weighted by Gasteiger charge is -2.00. The van der Waals surface area contributed by atoms with Gasteiger partial charge in [0.25, 0.3) is 5.91 Å². The standard InChI is InChI=1S/C18H15N3O2S/c1-2-23-11-7-8-15-16(9-11)24-18(20-15)21-17(22)13-10-19-14-6-4-3-5-12(13)14/h3-10,19H,2H2,1H3,(H,20,21,22). The van der Waals surface area contributed by atoms with Crippen LogP contribution < -0.4 is 10.1 Å². The number of thiazole rings is 1. The Morgan fingerprint density at radius 3 is 3.04 bits per heavy atom. The lowest BCUT2D eigenvalue weighted by Crippen LogP contribution is -2.10. The van der Waals surface area contributed by atoms with Crippen molar-refractivity contribution in [2.75, 3.05) is 11.9 Å². The van der Waals surface area contributed by atoms with E-state index in [-0.39, 0.29) is 5.91 Å². The molecule has 0 saturated carbocycles. The second kappa shape index (κ2) is 5.98. The quantitative estimate of drug-likeness (QED) is 0.579. The van der Waals surface area contributed by atoms with Gasteiger partial charge in [-0.15, -0.1) is 0 Å². The van der Waals surface area contributed by atoms with E-state index in [0.717, 1.165) is 26.9 Å². The van der Waals surface area contributed by atoms with Crippen molar-refractivity contribution in [3.63, 3.8) is 0 Å². The Balaban J connectivity index is 1.62. The zero-order chi connectivity index (χ0) is 16.5. The maximum atomic E-state index is 12.5. The van der Waals surface area contributed by atoms with Gasteiger partial charge < -0.3 is 9.72 Å². The molecule has 6 heteroatoms. The average Bonchev–Trinajstić information content (AvgIpc) is 3.18. The highest BCUT2D eigenvalue weighted by Crippen LogP contribution is 2.30. The number of aromatic nitrogens is 2. The number of ether oxygens (including phenoxy) is 1. The van der Waals surface area contributed by atoms with Crippen LogP contribution in [0.4, 0.5) is 5.13 Å². The SMILES string of the molecule is CCOc1ccc2nc(NC(=O)c3c[nH]c4ccccc34)sc2c1. The van der Waals surface area contributed by atoms with Crippen molar-refractivity contribution in [1.82, 2.24) is 9.97 Å². The third kappa shape index (κ3) is 2.61. The molecule has 5 nitrogen and oxygen atoms in total. The lowest BCUT2D eigenvalue weighted by molar-refractivity contribution is 0.102. The van der Waals surface area contributed by atoms with Gasteiger partial charge in [0.2, 0.25) is 0 Å². The molecule has 0 aliphatic rings. The van der Waals surface area contributed by atoms with E-state index >= 15 is 0 Å². The fraction of sp³-hybridized carbons (Fsp3) is 0.111. The Morgan fingerprint density at radius 1 is 1.29 bits per heavy atom. The zero-order valence-electron chi connectivity index (χ0n) is 13.0. The van der Waals surface area contributed by atoms with Crippen LogP contribution in [0.3, 0.4) is 0 Å². The molecule has 0 aliphatic carbocycles. The second-order valence-corrected chi connectivity index (χ2v) is 6.31. The summed E-state index contributed by atoms with van der Waals surface area (Å²) in [5.41, 5.74) is 2.39. The summed E-state index contributed by atoms with van der Waals surface area (Å²) >= 11 is 1.44. The highest BCUT2D eigenvalue weighted by Gasteiger charge is 2.14. The number of rotatable bonds is 4. The molecule has 0 unspecified atom stereocenters. The van der Waals surface area contributed by atoms with E-state index in [9.17, 15) is 4.79 Å². The van der Waals surface area contributed by atoms with Gasteiger partial charge in [0.15, 0.2) is 5.13 Å². The number of carbonyl (C=O) groups is 1. The van der Waals surface area contributed by atoms with Crippen LogP contribution in [0, 0.1) is 0 Å². The minimum absolute atomic E-state index is 0.170. The van der Waals surface area contributed by atoms with E-state index in [4.69, 9.17) is 4.74 Å². The third-order valence-electron chi connectivity index (χ3n) is 3.73. The van der Waals surface area contributed by atoms with Crippen molar-refractivity contribution in [2.45, 2.75) is 6.92 Å². The Labute approximate surface area is 142 Å².